The number of methoxy groups -OCH3 is 1. The fourth-order valence-electron chi connectivity index (χ4n) is 4.27. The molecule has 30 heavy (non-hydrogen) atoms. The largest absolute Gasteiger partial charge is 0.480 e. The van der Waals surface area contributed by atoms with Gasteiger partial charge in [0.25, 0.3) is 0 Å². The Balaban J connectivity index is 1.44. The summed E-state index contributed by atoms with van der Waals surface area (Å²) in [6.45, 7) is 3.58. The minimum Gasteiger partial charge on any atom is -0.480 e. The van der Waals surface area contributed by atoms with Crippen LogP contribution in [0.2, 0.25) is 0 Å². The van der Waals surface area contributed by atoms with Crippen LogP contribution in [0.4, 0.5) is 5.95 Å². The van der Waals surface area contributed by atoms with Crippen LogP contribution in [0, 0.1) is 0 Å². The van der Waals surface area contributed by atoms with Crippen LogP contribution in [-0.4, -0.2) is 54.1 Å². The first kappa shape index (κ1) is 18.3. The van der Waals surface area contributed by atoms with Gasteiger partial charge in [-0.2, -0.15) is 9.97 Å². The number of ether oxygens (including phenoxy) is 1. The van der Waals surface area contributed by atoms with Crippen molar-refractivity contribution in [2.45, 2.75) is 38.3 Å². The van der Waals surface area contributed by atoms with Gasteiger partial charge in [0.1, 0.15) is 12.0 Å². The van der Waals surface area contributed by atoms with Gasteiger partial charge in [0.15, 0.2) is 5.65 Å². The number of carbonyl (C=O) groups is 1. The maximum absolute atomic E-state index is 11.3. The third-order valence-corrected chi connectivity index (χ3v) is 5.50. The monoisotopic (exact) mass is 406 g/mol. The quantitative estimate of drug-likeness (QED) is 0.464. The lowest BCUT2D eigenvalue weighted by molar-refractivity contribution is -0.121. The third kappa shape index (κ3) is 3.10. The maximum Gasteiger partial charge on any atom is 0.228 e. The lowest BCUT2D eigenvalue weighted by atomic mass is 9.74. The van der Waals surface area contributed by atoms with Crippen molar-refractivity contribution in [3.8, 4) is 17.0 Å². The Bertz CT molecular complexity index is 1250. The Hall–Kier alpha value is -3.69. The van der Waals surface area contributed by atoms with E-state index in [-0.39, 0.29) is 17.5 Å². The van der Waals surface area contributed by atoms with Crippen LogP contribution in [0.15, 0.2) is 30.9 Å². The molecular formula is C20H22N8O2. The van der Waals surface area contributed by atoms with E-state index >= 15 is 0 Å². The number of pyridine rings is 1. The van der Waals surface area contributed by atoms with E-state index in [2.05, 4.69) is 35.8 Å². The molecule has 1 saturated carbocycles. The molecule has 0 atom stereocenters. The highest BCUT2D eigenvalue weighted by Gasteiger charge is 2.41. The highest BCUT2D eigenvalue weighted by Crippen LogP contribution is 2.36. The molecule has 0 unspecified atom stereocenters. The first-order chi connectivity index (χ1) is 14.4. The molecule has 4 aromatic rings. The van der Waals surface area contributed by atoms with E-state index < -0.39 is 0 Å². The SMILES string of the molecule is COc1nc(NC2CC(C)(NC(C)=O)C2)nc2[nH]cc(-c3ccc4nncn4c3)c12. The first-order valence-electron chi connectivity index (χ1n) is 9.72. The van der Waals surface area contributed by atoms with E-state index in [1.54, 1.807) is 13.4 Å². The molecule has 4 heterocycles. The molecule has 0 saturated heterocycles. The molecule has 3 N–H and O–H groups in total. The second-order valence-electron chi connectivity index (χ2n) is 7.99. The summed E-state index contributed by atoms with van der Waals surface area (Å²) < 4.78 is 7.45. The molecule has 5 rings (SSSR count). The summed E-state index contributed by atoms with van der Waals surface area (Å²) in [4.78, 5) is 23.8. The summed E-state index contributed by atoms with van der Waals surface area (Å²) in [6.07, 6.45) is 7.14. The van der Waals surface area contributed by atoms with Crippen molar-refractivity contribution in [1.29, 1.82) is 0 Å². The van der Waals surface area contributed by atoms with Gasteiger partial charge in [0.05, 0.1) is 12.5 Å². The predicted octanol–water partition coefficient (Wildman–Crippen LogP) is 2.15. The average Bonchev–Trinajstić information content (AvgIpc) is 3.31. The number of amides is 1. The fourth-order valence-corrected chi connectivity index (χ4v) is 4.27. The summed E-state index contributed by atoms with van der Waals surface area (Å²) in [6, 6.07) is 4.08. The summed E-state index contributed by atoms with van der Waals surface area (Å²) in [7, 11) is 1.60. The van der Waals surface area contributed by atoms with Crippen LogP contribution >= 0.6 is 0 Å². The standard InChI is InChI=1S/C20H22N8O2/c1-11(29)26-20(2)6-13(7-20)23-19-24-17-16(18(25-19)30-3)14(8-21-17)12-4-5-15-27-22-10-28(15)9-12/h4-5,8-10,13H,6-7H2,1-3H3,(H,26,29)(H2,21,23,24,25). The first-order valence-corrected chi connectivity index (χ1v) is 9.72. The molecule has 0 bridgehead atoms. The van der Waals surface area contributed by atoms with Crippen LogP contribution in [0.5, 0.6) is 5.88 Å². The Kier molecular flexibility index (Phi) is 4.09. The molecule has 0 spiro atoms. The number of fused-ring (bicyclic) bond motifs is 2. The number of hydrogen-bond donors (Lipinski definition) is 3. The zero-order valence-electron chi connectivity index (χ0n) is 16.9. The molecule has 4 aromatic heterocycles. The van der Waals surface area contributed by atoms with Crippen LogP contribution in [0.1, 0.15) is 26.7 Å². The minimum absolute atomic E-state index is 0.0149. The van der Waals surface area contributed by atoms with Crippen LogP contribution < -0.4 is 15.4 Å². The molecule has 0 aliphatic heterocycles. The topological polar surface area (TPSA) is 122 Å². The van der Waals surface area contributed by atoms with Crippen LogP contribution in [0.25, 0.3) is 27.8 Å². The molecule has 1 aliphatic carbocycles. The van der Waals surface area contributed by atoms with Crippen molar-refractivity contribution >= 4 is 28.5 Å². The molecule has 0 radical (unpaired) electrons. The zero-order chi connectivity index (χ0) is 20.9. The molecule has 1 amide bonds. The zero-order valence-corrected chi connectivity index (χ0v) is 16.9. The number of aromatic amines is 1. The molecule has 10 nitrogen and oxygen atoms in total. The number of nitrogens with one attached hydrogen (secondary N) is 3. The van der Waals surface area contributed by atoms with Gasteiger partial charge >= 0.3 is 0 Å². The van der Waals surface area contributed by atoms with Crippen molar-refractivity contribution in [1.82, 2.24) is 34.9 Å². The van der Waals surface area contributed by atoms with Crippen LogP contribution in [-0.2, 0) is 4.79 Å². The molecule has 154 valence electrons. The van der Waals surface area contributed by atoms with E-state index in [9.17, 15) is 4.79 Å². The van der Waals surface area contributed by atoms with Gasteiger partial charge in [0, 0.05) is 42.0 Å². The number of aromatic nitrogens is 6. The van der Waals surface area contributed by atoms with Gasteiger partial charge < -0.3 is 20.4 Å². The summed E-state index contributed by atoms with van der Waals surface area (Å²) in [5.41, 5.74) is 3.19. The highest BCUT2D eigenvalue weighted by molar-refractivity contribution is 5.97. The number of hydrogen-bond acceptors (Lipinski definition) is 7. The molecule has 0 aromatic carbocycles. The Morgan fingerprint density at radius 3 is 2.93 bits per heavy atom. The summed E-state index contributed by atoms with van der Waals surface area (Å²) in [5, 5.41) is 15.1. The smallest absolute Gasteiger partial charge is 0.228 e. The number of H-pyrrole nitrogens is 1. The number of anilines is 1. The van der Waals surface area contributed by atoms with Gasteiger partial charge in [-0.15, -0.1) is 10.2 Å². The van der Waals surface area contributed by atoms with Crippen molar-refractivity contribution in [3.63, 3.8) is 0 Å². The summed E-state index contributed by atoms with van der Waals surface area (Å²) >= 11 is 0. The number of rotatable bonds is 5. The van der Waals surface area contributed by atoms with Gasteiger partial charge in [-0.1, -0.05) is 0 Å². The van der Waals surface area contributed by atoms with Crippen LogP contribution in [0.3, 0.4) is 0 Å². The molecule has 1 aliphatic rings. The maximum atomic E-state index is 11.3. The number of nitrogens with zero attached hydrogens (tertiary/aromatic N) is 5. The van der Waals surface area contributed by atoms with Crippen molar-refractivity contribution < 1.29 is 9.53 Å². The van der Waals surface area contributed by atoms with E-state index in [0.717, 1.165) is 35.0 Å². The van der Waals surface area contributed by atoms with Crippen molar-refractivity contribution in [2.75, 3.05) is 12.4 Å². The van der Waals surface area contributed by atoms with E-state index in [1.807, 2.05) is 35.9 Å². The Labute approximate surface area is 172 Å². The normalized spacial score (nSPS) is 20.8. The number of carbonyl (C=O) groups excluding carboxylic acids is 1. The van der Waals surface area contributed by atoms with Gasteiger partial charge in [-0.3, -0.25) is 9.20 Å². The fraction of sp³-hybridized carbons (Fsp3) is 0.350. The van der Waals surface area contributed by atoms with Crippen molar-refractivity contribution in [2.24, 2.45) is 0 Å². The average molecular weight is 406 g/mol. The summed E-state index contributed by atoms with van der Waals surface area (Å²) in [5.74, 6) is 0.974. The Morgan fingerprint density at radius 1 is 1.33 bits per heavy atom. The molecule has 10 heteroatoms. The third-order valence-electron chi connectivity index (χ3n) is 5.50. The lowest BCUT2D eigenvalue weighted by Gasteiger charge is -2.45. The van der Waals surface area contributed by atoms with Gasteiger partial charge in [-0.25, -0.2) is 0 Å². The van der Waals surface area contributed by atoms with E-state index in [1.165, 1.54) is 6.92 Å². The highest BCUT2D eigenvalue weighted by atomic mass is 16.5. The van der Waals surface area contributed by atoms with E-state index in [4.69, 9.17) is 4.74 Å². The Morgan fingerprint density at radius 2 is 2.17 bits per heavy atom. The second-order valence-corrected chi connectivity index (χ2v) is 7.99. The predicted molar refractivity (Wildman–Crippen MR) is 111 cm³/mol. The molecule has 1 fully saturated rings. The lowest BCUT2D eigenvalue weighted by Crippen LogP contribution is -2.59. The van der Waals surface area contributed by atoms with Gasteiger partial charge in [0.2, 0.25) is 17.7 Å². The van der Waals surface area contributed by atoms with Crippen molar-refractivity contribution in [3.05, 3.63) is 30.9 Å². The van der Waals surface area contributed by atoms with E-state index in [0.29, 0.717) is 17.5 Å². The molecular weight excluding hydrogens is 384 g/mol. The van der Waals surface area contributed by atoms with Gasteiger partial charge in [-0.05, 0) is 31.9 Å². The second kappa shape index (κ2) is 6.68. The minimum atomic E-state index is -0.182.